The third kappa shape index (κ3) is 3.20. The minimum Gasteiger partial charge on any atom is -0.453 e. The number of ketones is 1. The van der Waals surface area contributed by atoms with Crippen molar-refractivity contribution in [3.8, 4) is 0 Å². The monoisotopic (exact) mass is 436 g/mol. The number of methoxy groups -OCH3 is 1. The summed E-state index contributed by atoms with van der Waals surface area (Å²) in [6.45, 7) is 11.4. The minimum absolute atomic E-state index is 0.0816. The van der Waals surface area contributed by atoms with Crippen LogP contribution >= 0.6 is 11.8 Å². The zero-order valence-electron chi connectivity index (χ0n) is 19.2. The number of hydrogen-bond donors (Lipinski definition) is 0. The van der Waals surface area contributed by atoms with Gasteiger partial charge in [0.1, 0.15) is 12.2 Å². The van der Waals surface area contributed by atoms with Gasteiger partial charge in [0.05, 0.1) is 18.1 Å². The molecule has 5 nitrogen and oxygen atoms in total. The van der Waals surface area contributed by atoms with Crippen molar-refractivity contribution >= 4 is 22.8 Å². The van der Waals surface area contributed by atoms with Crippen LogP contribution in [0, 0.1) is 28.6 Å². The molecule has 168 valence electrons. The number of ether oxygens (including phenoxy) is 3. The Morgan fingerprint density at radius 2 is 2.00 bits per heavy atom. The lowest BCUT2D eigenvalue weighted by molar-refractivity contribution is -0.229. The van der Waals surface area contributed by atoms with Crippen LogP contribution in [-0.4, -0.2) is 48.9 Å². The Balaban J connectivity index is 1.81. The number of fused-ring (bicyclic) bond motifs is 5. The van der Waals surface area contributed by atoms with Gasteiger partial charge in [-0.25, -0.2) is 4.79 Å². The molecule has 0 amide bonds. The molecule has 6 heteroatoms. The van der Waals surface area contributed by atoms with Gasteiger partial charge in [0, 0.05) is 25.2 Å². The second kappa shape index (κ2) is 7.93. The van der Waals surface area contributed by atoms with Crippen LogP contribution in [0.25, 0.3) is 0 Å². The second-order valence-electron chi connectivity index (χ2n) is 10.3. The topological polar surface area (TPSA) is 61.8 Å². The molecule has 2 saturated carbocycles. The number of carbonyl (C=O) groups is 2. The van der Waals surface area contributed by atoms with Crippen molar-refractivity contribution in [2.75, 3.05) is 19.5 Å². The van der Waals surface area contributed by atoms with Crippen LogP contribution in [0.15, 0.2) is 11.1 Å². The maximum absolute atomic E-state index is 14.2. The van der Waals surface area contributed by atoms with Crippen LogP contribution in [-0.2, 0) is 19.0 Å². The van der Waals surface area contributed by atoms with E-state index in [0.29, 0.717) is 30.6 Å². The van der Waals surface area contributed by atoms with Crippen molar-refractivity contribution in [1.29, 1.82) is 0 Å². The van der Waals surface area contributed by atoms with Gasteiger partial charge in [-0.1, -0.05) is 26.3 Å². The summed E-state index contributed by atoms with van der Waals surface area (Å²) in [5, 5.41) is -0.292. The first-order chi connectivity index (χ1) is 14.2. The number of rotatable bonds is 3. The highest BCUT2D eigenvalue weighted by molar-refractivity contribution is 8.13. The molecule has 2 bridgehead atoms. The average Bonchev–Trinajstić information content (AvgIpc) is 2.66. The Morgan fingerprint density at radius 3 is 2.60 bits per heavy atom. The smallest absolute Gasteiger partial charge is 0.367 e. The predicted octanol–water partition coefficient (Wildman–Crippen LogP) is 5.03. The molecular weight excluding hydrogens is 400 g/mol. The van der Waals surface area contributed by atoms with E-state index in [9.17, 15) is 9.59 Å². The third-order valence-corrected chi connectivity index (χ3v) is 9.35. The van der Waals surface area contributed by atoms with E-state index in [1.165, 1.54) is 5.57 Å². The lowest BCUT2D eigenvalue weighted by Crippen LogP contribution is -2.66. The van der Waals surface area contributed by atoms with E-state index < -0.39 is 17.6 Å². The van der Waals surface area contributed by atoms with E-state index in [-0.39, 0.29) is 28.5 Å². The van der Waals surface area contributed by atoms with Crippen LogP contribution in [0.4, 0.5) is 4.79 Å². The van der Waals surface area contributed by atoms with Gasteiger partial charge in [-0.2, -0.15) is 0 Å². The zero-order chi connectivity index (χ0) is 21.8. The maximum Gasteiger partial charge on any atom is 0.367 e. The van der Waals surface area contributed by atoms with Crippen LogP contribution in [0.3, 0.4) is 0 Å². The Bertz CT molecular complexity index is 759. The summed E-state index contributed by atoms with van der Waals surface area (Å²) in [4.78, 5) is 26.7. The highest BCUT2D eigenvalue weighted by Crippen LogP contribution is 2.60. The van der Waals surface area contributed by atoms with Crippen LogP contribution in [0.2, 0.25) is 0 Å². The van der Waals surface area contributed by atoms with Crippen molar-refractivity contribution in [3.05, 3.63) is 11.1 Å². The standard InChI is InChI=1S/C24H36O5S/c1-7-30-22(26)29-18-11-17-15(12-28-17)16-10-14-9-8-13(2)19(23(14,3)4)20(27-6)21(25)24(16,18)5/h14-18,20H,7-12H2,1-6H3/t14-,15-,16?,17+,18-,20+,24-/m0/s1. The van der Waals surface area contributed by atoms with E-state index in [1.807, 2.05) is 13.8 Å². The molecule has 0 spiro atoms. The molecule has 0 aromatic rings. The molecule has 1 unspecified atom stereocenters. The first kappa shape index (κ1) is 22.3. The fourth-order valence-electron chi connectivity index (χ4n) is 6.88. The van der Waals surface area contributed by atoms with Gasteiger partial charge in [-0.05, 0) is 67.7 Å². The number of allylic oxidation sites excluding steroid dienone is 1. The summed E-state index contributed by atoms with van der Waals surface area (Å²) < 4.78 is 17.8. The zero-order valence-corrected chi connectivity index (χ0v) is 20.0. The van der Waals surface area contributed by atoms with E-state index in [0.717, 1.165) is 36.6 Å². The van der Waals surface area contributed by atoms with E-state index in [4.69, 9.17) is 14.2 Å². The molecule has 1 saturated heterocycles. The van der Waals surface area contributed by atoms with Crippen molar-refractivity contribution < 1.29 is 23.8 Å². The predicted molar refractivity (Wildman–Crippen MR) is 117 cm³/mol. The molecule has 0 radical (unpaired) electrons. The van der Waals surface area contributed by atoms with Gasteiger partial charge in [-0.15, -0.1) is 0 Å². The largest absolute Gasteiger partial charge is 0.453 e. The molecule has 0 aromatic heterocycles. The molecule has 0 N–H and O–H groups in total. The van der Waals surface area contributed by atoms with Crippen LogP contribution in [0.5, 0.6) is 0 Å². The minimum atomic E-state index is -0.757. The summed E-state index contributed by atoms with van der Waals surface area (Å²) in [5.74, 6) is 1.72. The Labute approximate surface area is 184 Å². The molecule has 7 atom stereocenters. The normalized spacial score (nSPS) is 42.4. The van der Waals surface area contributed by atoms with Crippen LogP contribution < -0.4 is 0 Å². The average molecular weight is 437 g/mol. The summed E-state index contributed by atoms with van der Waals surface area (Å²) in [5.41, 5.74) is 1.61. The van der Waals surface area contributed by atoms with Crippen molar-refractivity contribution in [3.63, 3.8) is 0 Å². The molecule has 30 heavy (non-hydrogen) atoms. The molecule has 0 aromatic carbocycles. The molecule has 4 aliphatic rings. The summed E-state index contributed by atoms with van der Waals surface area (Å²) in [6, 6.07) is 0. The van der Waals surface area contributed by atoms with Crippen molar-refractivity contribution in [2.24, 2.45) is 28.6 Å². The highest BCUT2D eigenvalue weighted by atomic mass is 32.2. The fourth-order valence-corrected chi connectivity index (χ4v) is 7.30. The number of thioether (sulfide) groups is 1. The first-order valence-corrected chi connectivity index (χ1v) is 12.4. The number of carbonyl (C=O) groups excluding carboxylic acids is 2. The van der Waals surface area contributed by atoms with Gasteiger partial charge in [0.25, 0.3) is 0 Å². The number of hydrogen-bond acceptors (Lipinski definition) is 6. The quantitative estimate of drug-likeness (QED) is 0.457. The van der Waals surface area contributed by atoms with E-state index >= 15 is 0 Å². The Kier molecular flexibility index (Phi) is 5.91. The summed E-state index contributed by atoms with van der Waals surface area (Å²) >= 11 is 1.16. The SMILES string of the molecule is CCSC(=O)O[C@H]1C[C@H]2OC[C@H]2C2C[C@@H]3CCC(C)=C([C@@H](OC)C(=O)[C@@]21C)C3(C)C. The first-order valence-electron chi connectivity index (χ1n) is 11.4. The van der Waals surface area contributed by atoms with Crippen molar-refractivity contribution in [1.82, 2.24) is 0 Å². The Hall–Kier alpha value is -0.850. The number of Topliss-reactive ketones (excluding diaryl/α,β-unsaturated/α-hetero) is 1. The maximum atomic E-state index is 14.2. The molecule has 3 fully saturated rings. The lowest BCUT2D eigenvalue weighted by atomic mass is 9.48. The van der Waals surface area contributed by atoms with E-state index in [2.05, 4.69) is 20.8 Å². The Morgan fingerprint density at radius 1 is 1.27 bits per heavy atom. The van der Waals surface area contributed by atoms with E-state index in [1.54, 1.807) is 7.11 Å². The molecule has 3 aliphatic carbocycles. The van der Waals surface area contributed by atoms with Gasteiger partial charge < -0.3 is 14.2 Å². The third-order valence-electron chi connectivity index (χ3n) is 8.73. The highest BCUT2D eigenvalue weighted by Gasteiger charge is 2.64. The van der Waals surface area contributed by atoms with Gasteiger partial charge in [-0.3, -0.25) is 4.79 Å². The molecule has 1 aliphatic heterocycles. The molecule has 4 rings (SSSR count). The van der Waals surface area contributed by atoms with Crippen molar-refractivity contribution in [2.45, 2.75) is 78.6 Å². The lowest BCUT2D eigenvalue weighted by Gasteiger charge is -2.60. The van der Waals surface area contributed by atoms with Gasteiger partial charge >= 0.3 is 5.30 Å². The fraction of sp³-hybridized carbons (Fsp3) is 0.833. The van der Waals surface area contributed by atoms with Gasteiger partial charge in [0.15, 0.2) is 5.78 Å². The second-order valence-corrected chi connectivity index (χ2v) is 11.5. The molecule has 1 heterocycles. The summed E-state index contributed by atoms with van der Waals surface area (Å²) in [7, 11) is 1.65. The van der Waals surface area contributed by atoms with Gasteiger partial charge in [0.2, 0.25) is 0 Å². The van der Waals surface area contributed by atoms with Crippen LogP contribution in [0.1, 0.15) is 60.3 Å². The summed E-state index contributed by atoms with van der Waals surface area (Å²) in [6.07, 6.45) is 2.77. The molecular formula is C24H36O5S.